The molecule has 1 heterocycles. The predicted molar refractivity (Wildman–Crippen MR) is 82.2 cm³/mol. The van der Waals surface area contributed by atoms with E-state index in [1.807, 2.05) is 30.3 Å². The van der Waals surface area contributed by atoms with Gasteiger partial charge in [-0.25, -0.2) is 5.43 Å². The van der Waals surface area contributed by atoms with Gasteiger partial charge in [0.2, 0.25) is 0 Å². The maximum absolute atomic E-state index is 11.6. The number of para-hydroxylation sites is 1. The van der Waals surface area contributed by atoms with E-state index in [2.05, 4.69) is 15.5 Å². The molecule has 0 aliphatic carbocycles. The molecule has 0 aliphatic heterocycles. The lowest BCUT2D eigenvalue weighted by molar-refractivity contribution is 0.0950. The Labute approximate surface area is 123 Å². The maximum Gasteiger partial charge on any atom is 0.289 e. The van der Waals surface area contributed by atoms with Gasteiger partial charge in [0, 0.05) is 18.0 Å². The van der Waals surface area contributed by atoms with E-state index in [0.717, 1.165) is 11.3 Å². The van der Waals surface area contributed by atoms with E-state index in [9.17, 15) is 4.79 Å². The monoisotopic (exact) mass is 281 g/mol. The van der Waals surface area contributed by atoms with E-state index in [0.29, 0.717) is 5.69 Å². The minimum atomic E-state index is -0.349. The van der Waals surface area contributed by atoms with Gasteiger partial charge in [-0.2, -0.15) is 5.10 Å². The van der Waals surface area contributed by atoms with Crippen LogP contribution in [0.5, 0.6) is 5.75 Å². The van der Waals surface area contributed by atoms with Gasteiger partial charge >= 0.3 is 0 Å². The highest BCUT2D eigenvalue weighted by atomic mass is 16.5. The van der Waals surface area contributed by atoms with Crippen molar-refractivity contribution >= 4 is 18.2 Å². The van der Waals surface area contributed by atoms with Crippen molar-refractivity contribution in [2.45, 2.75) is 0 Å². The van der Waals surface area contributed by atoms with Crippen molar-refractivity contribution in [2.24, 2.45) is 5.10 Å². The fourth-order valence-corrected chi connectivity index (χ4v) is 1.64. The molecule has 0 bridgehead atoms. The lowest BCUT2D eigenvalue weighted by Gasteiger charge is -2.02. The van der Waals surface area contributed by atoms with Crippen molar-refractivity contribution in [3.05, 3.63) is 66.0 Å². The van der Waals surface area contributed by atoms with E-state index in [1.165, 1.54) is 6.21 Å². The molecule has 0 saturated heterocycles. The summed E-state index contributed by atoms with van der Waals surface area (Å²) in [5.41, 5.74) is 3.65. The third-order valence-electron chi connectivity index (χ3n) is 2.64. The lowest BCUT2D eigenvalue weighted by atomic mass is 10.2. The first kappa shape index (κ1) is 14.5. The SMILES string of the molecule is COc1ccccc1/C=C/C=N\NC(=O)c1ccccn1. The molecule has 0 atom stereocenters. The number of hydrazone groups is 1. The molecule has 21 heavy (non-hydrogen) atoms. The first-order valence-corrected chi connectivity index (χ1v) is 6.35. The normalized spacial score (nSPS) is 10.9. The Hall–Kier alpha value is -2.95. The van der Waals surface area contributed by atoms with E-state index < -0.39 is 0 Å². The van der Waals surface area contributed by atoms with Crippen LogP contribution in [0.2, 0.25) is 0 Å². The molecule has 0 aliphatic rings. The number of carbonyl (C=O) groups is 1. The van der Waals surface area contributed by atoms with Gasteiger partial charge in [-0.15, -0.1) is 0 Å². The highest BCUT2D eigenvalue weighted by molar-refractivity contribution is 5.92. The molecular weight excluding hydrogens is 266 g/mol. The Kier molecular flexibility index (Phi) is 5.23. The molecule has 1 amide bonds. The van der Waals surface area contributed by atoms with Gasteiger partial charge in [-0.3, -0.25) is 9.78 Å². The zero-order chi connectivity index (χ0) is 14.9. The Morgan fingerprint density at radius 2 is 2.05 bits per heavy atom. The zero-order valence-corrected chi connectivity index (χ0v) is 11.6. The maximum atomic E-state index is 11.6. The van der Waals surface area contributed by atoms with Crippen LogP contribution in [-0.4, -0.2) is 24.2 Å². The Balaban J connectivity index is 1.91. The van der Waals surface area contributed by atoms with Crippen LogP contribution in [0.1, 0.15) is 16.1 Å². The molecule has 0 saturated carbocycles. The van der Waals surface area contributed by atoms with Crippen molar-refractivity contribution in [1.29, 1.82) is 0 Å². The third-order valence-corrected chi connectivity index (χ3v) is 2.64. The van der Waals surface area contributed by atoms with E-state index >= 15 is 0 Å². The molecule has 5 nitrogen and oxygen atoms in total. The highest BCUT2D eigenvalue weighted by Gasteiger charge is 2.02. The minimum Gasteiger partial charge on any atom is -0.496 e. The van der Waals surface area contributed by atoms with E-state index in [1.54, 1.807) is 37.6 Å². The van der Waals surface area contributed by atoms with Crippen LogP contribution in [0.25, 0.3) is 6.08 Å². The molecule has 1 aromatic heterocycles. The number of rotatable bonds is 5. The number of nitrogens with zero attached hydrogens (tertiary/aromatic N) is 2. The summed E-state index contributed by atoms with van der Waals surface area (Å²) in [4.78, 5) is 15.6. The second kappa shape index (κ2) is 7.59. The van der Waals surface area contributed by atoms with Crippen molar-refractivity contribution in [1.82, 2.24) is 10.4 Å². The summed E-state index contributed by atoms with van der Waals surface area (Å²) in [7, 11) is 1.62. The topological polar surface area (TPSA) is 63.6 Å². The number of ether oxygens (including phenoxy) is 1. The fraction of sp³-hybridized carbons (Fsp3) is 0.0625. The van der Waals surface area contributed by atoms with Gasteiger partial charge in [-0.1, -0.05) is 24.3 Å². The molecule has 0 spiro atoms. The number of pyridine rings is 1. The molecule has 1 N–H and O–H groups in total. The molecule has 1 aromatic carbocycles. The summed E-state index contributed by atoms with van der Waals surface area (Å²) in [6.45, 7) is 0. The van der Waals surface area contributed by atoms with Crippen LogP contribution in [0.4, 0.5) is 0 Å². The average Bonchev–Trinajstić information content (AvgIpc) is 2.55. The summed E-state index contributed by atoms with van der Waals surface area (Å²) < 4.78 is 5.22. The number of amides is 1. The number of nitrogens with one attached hydrogen (secondary N) is 1. The van der Waals surface area contributed by atoms with E-state index in [-0.39, 0.29) is 5.91 Å². The van der Waals surface area contributed by atoms with Crippen molar-refractivity contribution in [3.8, 4) is 5.75 Å². The molecular formula is C16H15N3O2. The zero-order valence-electron chi connectivity index (χ0n) is 11.6. The number of benzene rings is 1. The average molecular weight is 281 g/mol. The molecule has 0 fully saturated rings. The summed E-state index contributed by atoms with van der Waals surface area (Å²) in [5, 5.41) is 3.83. The molecule has 0 radical (unpaired) electrons. The Morgan fingerprint density at radius 1 is 1.24 bits per heavy atom. The quantitative estimate of drug-likeness (QED) is 0.676. The van der Waals surface area contributed by atoms with Gasteiger partial charge < -0.3 is 4.74 Å². The van der Waals surface area contributed by atoms with Crippen LogP contribution in [0.15, 0.2) is 59.8 Å². The van der Waals surface area contributed by atoms with Crippen LogP contribution < -0.4 is 10.2 Å². The van der Waals surface area contributed by atoms with Gasteiger partial charge in [0.25, 0.3) is 5.91 Å². The Morgan fingerprint density at radius 3 is 2.81 bits per heavy atom. The fourth-order valence-electron chi connectivity index (χ4n) is 1.64. The van der Waals surface area contributed by atoms with Gasteiger partial charge in [0.1, 0.15) is 11.4 Å². The standard InChI is InChI=1S/C16H15N3O2/c1-21-15-10-3-2-7-13(15)8-6-12-18-19-16(20)14-9-4-5-11-17-14/h2-12H,1H3,(H,19,20)/b8-6+,18-12-. The van der Waals surface area contributed by atoms with Crippen LogP contribution in [-0.2, 0) is 0 Å². The van der Waals surface area contributed by atoms with Crippen LogP contribution in [0.3, 0.4) is 0 Å². The minimum absolute atomic E-state index is 0.323. The first-order valence-electron chi connectivity index (χ1n) is 6.35. The Bertz CT molecular complexity index is 652. The second-order valence-electron chi connectivity index (χ2n) is 4.04. The number of allylic oxidation sites excluding steroid dienone is 1. The summed E-state index contributed by atoms with van der Waals surface area (Å²) in [6, 6.07) is 12.7. The van der Waals surface area contributed by atoms with Crippen molar-refractivity contribution < 1.29 is 9.53 Å². The summed E-state index contributed by atoms with van der Waals surface area (Å²) in [6.07, 6.45) is 6.61. The molecule has 5 heteroatoms. The highest BCUT2D eigenvalue weighted by Crippen LogP contribution is 2.18. The number of carbonyl (C=O) groups excluding carboxylic acids is 1. The van der Waals surface area contributed by atoms with E-state index in [4.69, 9.17) is 4.74 Å². The van der Waals surface area contributed by atoms with Crippen molar-refractivity contribution in [3.63, 3.8) is 0 Å². The smallest absolute Gasteiger partial charge is 0.289 e. The predicted octanol–water partition coefficient (Wildman–Crippen LogP) is 2.52. The first-order chi connectivity index (χ1) is 10.3. The van der Waals surface area contributed by atoms with Crippen LogP contribution in [0, 0.1) is 0 Å². The number of aromatic nitrogens is 1. The lowest BCUT2D eigenvalue weighted by Crippen LogP contribution is -2.18. The molecule has 106 valence electrons. The number of hydrogen-bond donors (Lipinski definition) is 1. The summed E-state index contributed by atoms with van der Waals surface area (Å²) in [5.74, 6) is 0.428. The second-order valence-corrected chi connectivity index (χ2v) is 4.04. The van der Waals surface area contributed by atoms with Gasteiger partial charge in [0.05, 0.1) is 7.11 Å². The number of methoxy groups -OCH3 is 1. The van der Waals surface area contributed by atoms with Gasteiger partial charge in [0.15, 0.2) is 0 Å². The van der Waals surface area contributed by atoms with Crippen molar-refractivity contribution in [2.75, 3.05) is 7.11 Å². The summed E-state index contributed by atoms with van der Waals surface area (Å²) >= 11 is 0. The molecule has 0 unspecified atom stereocenters. The molecule has 2 rings (SSSR count). The third kappa shape index (κ3) is 4.28. The largest absolute Gasteiger partial charge is 0.496 e. The molecule has 2 aromatic rings. The van der Waals surface area contributed by atoms with Crippen LogP contribution >= 0.6 is 0 Å². The van der Waals surface area contributed by atoms with Gasteiger partial charge in [-0.05, 0) is 30.4 Å². The number of hydrogen-bond acceptors (Lipinski definition) is 4.